The number of aromatic nitrogens is 6. The van der Waals surface area contributed by atoms with E-state index in [2.05, 4.69) is 45.1 Å². The molecule has 34 heavy (non-hydrogen) atoms. The number of hydrogen-bond acceptors (Lipinski definition) is 7. The molecule has 5 rings (SSSR count). The summed E-state index contributed by atoms with van der Waals surface area (Å²) >= 11 is 1.75. The summed E-state index contributed by atoms with van der Waals surface area (Å²) in [5, 5.41) is 26.5. The summed E-state index contributed by atoms with van der Waals surface area (Å²) < 4.78 is 3.67. The Balaban J connectivity index is 1.56. The summed E-state index contributed by atoms with van der Waals surface area (Å²) in [5.41, 5.74) is 3.66. The molecule has 0 radical (unpaired) electrons. The lowest BCUT2D eigenvalue weighted by molar-refractivity contribution is 0.277. The normalized spacial score (nSPS) is 18.1. The predicted octanol–water partition coefficient (Wildman–Crippen LogP) is 4.23. The predicted molar refractivity (Wildman–Crippen MR) is 133 cm³/mol. The van der Waals surface area contributed by atoms with Crippen molar-refractivity contribution >= 4 is 34.2 Å². The second-order valence-corrected chi connectivity index (χ2v) is 9.51. The van der Waals surface area contributed by atoms with Gasteiger partial charge in [0.05, 0.1) is 36.3 Å². The third kappa shape index (κ3) is 4.43. The molecule has 0 amide bonds. The zero-order valence-electron chi connectivity index (χ0n) is 18.9. The van der Waals surface area contributed by atoms with Crippen LogP contribution >= 0.6 is 11.8 Å². The Morgan fingerprint density at radius 3 is 2.91 bits per heavy atom. The van der Waals surface area contributed by atoms with Crippen molar-refractivity contribution in [1.29, 1.82) is 5.26 Å². The Morgan fingerprint density at radius 2 is 2.12 bits per heavy atom. The smallest absolute Gasteiger partial charge is 0.261 e. The molecule has 0 bridgehead atoms. The number of rotatable bonds is 7. The third-order valence-corrected chi connectivity index (χ3v) is 6.90. The highest BCUT2D eigenvalue weighted by Gasteiger charge is 2.29. The van der Waals surface area contributed by atoms with Crippen LogP contribution in [0.2, 0.25) is 0 Å². The largest absolute Gasteiger partial charge is 0.338 e. The van der Waals surface area contributed by atoms with Gasteiger partial charge in [0.25, 0.3) is 5.56 Å². The van der Waals surface area contributed by atoms with Crippen LogP contribution in [-0.4, -0.2) is 36.0 Å². The molecule has 1 aliphatic carbocycles. The second kappa shape index (κ2) is 9.73. The van der Waals surface area contributed by atoms with Crippen LogP contribution in [0.3, 0.4) is 0 Å². The summed E-state index contributed by atoms with van der Waals surface area (Å²) in [7, 11) is 0. The number of benzene rings is 1. The molecule has 174 valence electrons. The van der Waals surface area contributed by atoms with Crippen molar-refractivity contribution < 1.29 is 0 Å². The van der Waals surface area contributed by atoms with E-state index in [-0.39, 0.29) is 17.5 Å². The Kier molecular flexibility index (Phi) is 6.36. The van der Waals surface area contributed by atoms with E-state index in [1.54, 1.807) is 28.8 Å². The molecule has 0 saturated heterocycles. The number of nitriles is 1. The number of nitrogens with zero attached hydrogens (tertiary/aromatic N) is 6. The van der Waals surface area contributed by atoms with E-state index in [1.165, 1.54) is 5.56 Å². The second-order valence-electron chi connectivity index (χ2n) is 8.64. The van der Waals surface area contributed by atoms with Gasteiger partial charge >= 0.3 is 0 Å². The van der Waals surface area contributed by atoms with Crippen molar-refractivity contribution in [2.24, 2.45) is 5.92 Å². The molecule has 4 aromatic rings. The van der Waals surface area contributed by atoms with E-state index in [0.717, 1.165) is 48.2 Å². The third-order valence-electron chi connectivity index (χ3n) is 6.28. The number of aromatic amines is 1. The van der Waals surface area contributed by atoms with Crippen molar-refractivity contribution in [3.63, 3.8) is 0 Å². The number of fused-ring (bicyclic) bond motifs is 1. The van der Waals surface area contributed by atoms with E-state index in [9.17, 15) is 10.1 Å². The number of anilines is 2. The molecular weight excluding hydrogens is 448 g/mol. The van der Waals surface area contributed by atoms with Crippen LogP contribution < -0.4 is 10.9 Å². The van der Waals surface area contributed by atoms with Gasteiger partial charge in [0.2, 0.25) is 0 Å². The van der Waals surface area contributed by atoms with Crippen molar-refractivity contribution in [2.75, 3.05) is 11.6 Å². The fraction of sp³-hybridized carbons (Fsp3) is 0.375. The number of H-pyrrole nitrogens is 1. The van der Waals surface area contributed by atoms with Gasteiger partial charge in [-0.15, -0.1) is 5.10 Å². The lowest BCUT2D eigenvalue weighted by Gasteiger charge is -2.27. The minimum atomic E-state index is -0.196. The summed E-state index contributed by atoms with van der Waals surface area (Å²) in [4.78, 5) is 15.6. The quantitative estimate of drug-likeness (QED) is 0.412. The molecular formula is C24H26N8OS. The first-order chi connectivity index (χ1) is 16.7. The highest BCUT2D eigenvalue weighted by Crippen LogP contribution is 2.36. The lowest BCUT2D eigenvalue weighted by atomic mass is 9.85. The van der Waals surface area contributed by atoms with Crippen LogP contribution in [0.1, 0.15) is 42.9 Å². The molecule has 2 atom stereocenters. The van der Waals surface area contributed by atoms with Gasteiger partial charge in [0, 0.05) is 23.8 Å². The van der Waals surface area contributed by atoms with E-state index in [1.807, 2.05) is 23.0 Å². The van der Waals surface area contributed by atoms with Crippen LogP contribution in [-0.2, 0) is 12.3 Å². The Hall–Kier alpha value is -3.58. The Bertz CT molecular complexity index is 1380. The maximum atomic E-state index is 12.8. The van der Waals surface area contributed by atoms with Crippen molar-refractivity contribution in [1.82, 2.24) is 29.8 Å². The molecule has 0 aliphatic heterocycles. The summed E-state index contributed by atoms with van der Waals surface area (Å²) in [6.45, 7) is 0.596. The van der Waals surface area contributed by atoms with Gasteiger partial charge in [0.1, 0.15) is 5.39 Å². The van der Waals surface area contributed by atoms with Crippen LogP contribution in [0.25, 0.3) is 10.9 Å². The van der Waals surface area contributed by atoms with Crippen molar-refractivity contribution in [3.8, 4) is 6.07 Å². The molecule has 10 heteroatoms. The summed E-state index contributed by atoms with van der Waals surface area (Å²) in [6, 6.07) is 10.6. The van der Waals surface area contributed by atoms with E-state index in [0.29, 0.717) is 17.7 Å². The number of hydrogen-bond donors (Lipinski definition) is 2. The average Bonchev–Trinajstić information content (AvgIpc) is 3.48. The molecule has 3 heterocycles. The van der Waals surface area contributed by atoms with Gasteiger partial charge in [-0.05, 0) is 48.4 Å². The SMILES string of the molecule is CSCc1cc(Cn2ccnn2)cc(Nc2nn(C3CCCCC3C#N)c3cc[nH]c(=O)c23)c1. The molecule has 9 nitrogen and oxygen atoms in total. The van der Waals surface area contributed by atoms with Gasteiger partial charge in [0.15, 0.2) is 5.82 Å². The van der Waals surface area contributed by atoms with Gasteiger partial charge in [-0.25, -0.2) is 4.68 Å². The van der Waals surface area contributed by atoms with Crippen LogP contribution in [0, 0.1) is 17.2 Å². The van der Waals surface area contributed by atoms with Gasteiger partial charge in [-0.2, -0.15) is 22.1 Å². The molecule has 1 aromatic carbocycles. The molecule has 1 aliphatic rings. The molecule has 2 N–H and O–H groups in total. The lowest BCUT2D eigenvalue weighted by Crippen LogP contribution is -2.23. The van der Waals surface area contributed by atoms with Gasteiger partial charge < -0.3 is 10.3 Å². The van der Waals surface area contributed by atoms with E-state index < -0.39 is 0 Å². The fourth-order valence-corrected chi connectivity index (χ4v) is 5.31. The zero-order chi connectivity index (χ0) is 23.5. The Morgan fingerprint density at radius 1 is 1.26 bits per heavy atom. The summed E-state index contributed by atoms with van der Waals surface area (Å²) in [6.07, 6.45) is 11.1. The topological polar surface area (TPSA) is 117 Å². The van der Waals surface area contributed by atoms with E-state index in [4.69, 9.17) is 5.10 Å². The molecule has 1 saturated carbocycles. The van der Waals surface area contributed by atoms with Crippen LogP contribution in [0.5, 0.6) is 0 Å². The molecule has 1 fully saturated rings. The fourth-order valence-electron chi connectivity index (χ4n) is 4.81. The average molecular weight is 475 g/mol. The zero-order valence-corrected chi connectivity index (χ0v) is 19.8. The van der Waals surface area contributed by atoms with Crippen molar-refractivity contribution in [3.05, 3.63) is 64.3 Å². The first-order valence-corrected chi connectivity index (χ1v) is 12.8. The highest BCUT2D eigenvalue weighted by molar-refractivity contribution is 7.97. The standard InChI is InChI=1S/C24H26N8OS/c1-34-15-17-10-16(14-31-9-8-27-30-31)11-19(12-17)28-23-22-21(6-7-26-24(22)33)32(29-23)20-5-3-2-4-18(20)13-25/h6-12,18,20H,2-5,14-15H2,1H3,(H,26,33)(H,28,29). The van der Waals surface area contributed by atoms with E-state index >= 15 is 0 Å². The monoisotopic (exact) mass is 474 g/mol. The summed E-state index contributed by atoms with van der Waals surface area (Å²) in [5.74, 6) is 1.26. The minimum absolute atomic E-state index is 0.0377. The highest BCUT2D eigenvalue weighted by atomic mass is 32.2. The van der Waals surface area contributed by atoms with Gasteiger partial charge in [-0.1, -0.05) is 24.1 Å². The van der Waals surface area contributed by atoms with Crippen LogP contribution in [0.15, 0.2) is 47.7 Å². The van der Waals surface area contributed by atoms with Crippen molar-refractivity contribution in [2.45, 2.75) is 44.0 Å². The maximum absolute atomic E-state index is 12.8. The maximum Gasteiger partial charge on any atom is 0.261 e. The molecule has 3 aromatic heterocycles. The molecule has 0 spiro atoms. The minimum Gasteiger partial charge on any atom is -0.338 e. The first kappa shape index (κ1) is 22.2. The van der Waals surface area contributed by atoms with Gasteiger partial charge in [-0.3, -0.25) is 9.48 Å². The first-order valence-electron chi connectivity index (χ1n) is 11.4. The number of nitrogens with one attached hydrogen (secondary N) is 2. The Labute approximate surface area is 201 Å². The number of pyridine rings is 1. The molecule has 2 unspecified atom stereocenters. The number of thioether (sulfide) groups is 1. The van der Waals surface area contributed by atoms with Crippen LogP contribution in [0.4, 0.5) is 11.5 Å².